The number of hydrogen-bond acceptors (Lipinski definition) is 5. The zero-order valence-corrected chi connectivity index (χ0v) is 15.7. The predicted molar refractivity (Wildman–Crippen MR) is 102 cm³/mol. The molecule has 0 saturated carbocycles. The highest BCUT2D eigenvalue weighted by Gasteiger charge is 2.13. The summed E-state index contributed by atoms with van der Waals surface area (Å²) >= 11 is 11.7. The number of halogens is 2. The lowest BCUT2D eigenvalue weighted by atomic mass is 10.2. The predicted octanol–water partition coefficient (Wildman–Crippen LogP) is 2.48. The fraction of sp³-hybridized carbons (Fsp3) is 0.118. The van der Waals surface area contributed by atoms with Gasteiger partial charge in [0, 0.05) is 35.7 Å². The zero-order valence-electron chi connectivity index (χ0n) is 14.2. The maximum Gasteiger partial charge on any atom is 0.271 e. The van der Waals surface area contributed by atoms with Crippen LogP contribution in [0.2, 0.25) is 10.0 Å². The number of nitro benzene ring substituents is 1. The molecule has 9 nitrogen and oxygen atoms in total. The van der Waals surface area contributed by atoms with Crippen molar-refractivity contribution in [1.29, 1.82) is 0 Å². The van der Waals surface area contributed by atoms with Crippen LogP contribution in [-0.2, 0) is 4.79 Å². The average molecular weight is 425 g/mol. The molecule has 0 atom stereocenters. The van der Waals surface area contributed by atoms with Gasteiger partial charge in [0.25, 0.3) is 17.5 Å². The third kappa shape index (κ3) is 5.93. The molecular formula is C17H14Cl2N4O5. The Morgan fingerprint density at radius 1 is 0.964 bits per heavy atom. The second-order valence-corrected chi connectivity index (χ2v) is 6.28. The van der Waals surface area contributed by atoms with E-state index in [-0.39, 0.29) is 34.8 Å². The lowest BCUT2D eigenvalue weighted by Crippen LogP contribution is -2.42. The summed E-state index contributed by atoms with van der Waals surface area (Å²) in [7, 11) is 0. The highest BCUT2D eigenvalue weighted by molar-refractivity contribution is 6.35. The lowest BCUT2D eigenvalue weighted by Gasteiger charge is -2.09. The van der Waals surface area contributed by atoms with E-state index >= 15 is 0 Å². The van der Waals surface area contributed by atoms with Crippen molar-refractivity contribution >= 4 is 46.6 Å². The summed E-state index contributed by atoms with van der Waals surface area (Å²) in [6.45, 7) is -0.00452. The first kappa shape index (κ1) is 21.1. The van der Waals surface area contributed by atoms with Gasteiger partial charge in [0.05, 0.1) is 15.5 Å². The number of non-ortho nitro benzene ring substituents is 1. The van der Waals surface area contributed by atoms with Crippen molar-refractivity contribution in [2.24, 2.45) is 0 Å². The molecule has 0 radical (unpaired) electrons. The number of hydrazine groups is 1. The van der Waals surface area contributed by atoms with Crippen LogP contribution in [0.5, 0.6) is 0 Å². The van der Waals surface area contributed by atoms with Crippen LogP contribution in [0.3, 0.4) is 0 Å². The number of carbonyl (C=O) groups excluding carboxylic acids is 3. The molecule has 2 aromatic rings. The molecule has 3 amide bonds. The molecule has 11 heteroatoms. The Morgan fingerprint density at radius 3 is 2.29 bits per heavy atom. The molecular weight excluding hydrogens is 411 g/mol. The number of amides is 3. The number of nitrogens with one attached hydrogen (secondary N) is 3. The van der Waals surface area contributed by atoms with E-state index in [0.717, 1.165) is 0 Å². The van der Waals surface area contributed by atoms with Crippen molar-refractivity contribution in [2.75, 3.05) is 6.54 Å². The van der Waals surface area contributed by atoms with Gasteiger partial charge in [-0.05, 0) is 30.3 Å². The quantitative estimate of drug-likeness (QED) is 0.484. The number of nitro groups is 1. The largest absolute Gasteiger partial charge is 0.352 e. The maximum absolute atomic E-state index is 12.0. The molecule has 0 saturated heterocycles. The van der Waals surface area contributed by atoms with E-state index in [1.807, 2.05) is 0 Å². The van der Waals surface area contributed by atoms with Crippen LogP contribution in [0, 0.1) is 10.1 Å². The number of carbonyl (C=O) groups is 3. The van der Waals surface area contributed by atoms with Crippen LogP contribution in [0.1, 0.15) is 27.1 Å². The summed E-state index contributed by atoms with van der Waals surface area (Å²) in [5, 5.41) is 13.6. The Hall–Kier alpha value is -3.17. The van der Waals surface area contributed by atoms with Gasteiger partial charge in [-0.1, -0.05) is 23.2 Å². The molecule has 0 aliphatic heterocycles. The smallest absolute Gasteiger partial charge is 0.271 e. The second kappa shape index (κ2) is 9.67. The average Bonchev–Trinajstić information content (AvgIpc) is 2.67. The first-order chi connectivity index (χ1) is 13.3. The van der Waals surface area contributed by atoms with E-state index in [9.17, 15) is 24.5 Å². The van der Waals surface area contributed by atoms with Gasteiger partial charge in [-0.3, -0.25) is 35.3 Å². The van der Waals surface area contributed by atoms with Crippen molar-refractivity contribution in [3.63, 3.8) is 0 Å². The fourth-order valence-electron chi connectivity index (χ4n) is 2.05. The monoisotopic (exact) mass is 424 g/mol. The lowest BCUT2D eigenvalue weighted by molar-refractivity contribution is -0.384. The van der Waals surface area contributed by atoms with Gasteiger partial charge in [-0.2, -0.15) is 0 Å². The van der Waals surface area contributed by atoms with Gasteiger partial charge in [-0.15, -0.1) is 0 Å². The molecule has 0 aliphatic carbocycles. The number of hydrogen-bond donors (Lipinski definition) is 3. The van der Waals surface area contributed by atoms with Gasteiger partial charge in [0.15, 0.2) is 0 Å². The summed E-state index contributed by atoms with van der Waals surface area (Å²) in [4.78, 5) is 45.7. The van der Waals surface area contributed by atoms with Crippen LogP contribution in [-0.4, -0.2) is 29.2 Å². The van der Waals surface area contributed by atoms with Crippen molar-refractivity contribution < 1.29 is 19.3 Å². The highest BCUT2D eigenvalue weighted by Crippen LogP contribution is 2.20. The molecule has 2 aromatic carbocycles. The van der Waals surface area contributed by atoms with E-state index in [0.29, 0.717) is 5.02 Å². The number of nitrogens with zero attached hydrogens (tertiary/aromatic N) is 1. The standard InChI is InChI=1S/C17H14Cl2N4O5/c18-11-3-6-14(19)13(9-11)17(26)22-21-15(24)7-8-20-16(25)10-1-4-12(5-2-10)23(27)28/h1-6,9H,7-8H2,(H,20,25)(H,21,24)(H,22,26). The Kier molecular flexibility index (Phi) is 7.30. The van der Waals surface area contributed by atoms with Crippen LogP contribution < -0.4 is 16.2 Å². The molecule has 0 fully saturated rings. The molecule has 3 N–H and O–H groups in total. The van der Waals surface area contributed by atoms with Crippen LogP contribution in [0.25, 0.3) is 0 Å². The molecule has 28 heavy (non-hydrogen) atoms. The SMILES string of the molecule is O=C(CCNC(=O)c1ccc([N+](=O)[O-])cc1)NNC(=O)c1cc(Cl)ccc1Cl. The molecule has 0 heterocycles. The summed E-state index contributed by atoms with van der Waals surface area (Å²) in [5.74, 6) is -1.68. The minimum Gasteiger partial charge on any atom is -0.352 e. The summed E-state index contributed by atoms with van der Waals surface area (Å²) in [6, 6.07) is 9.36. The van der Waals surface area contributed by atoms with Crippen LogP contribution >= 0.6 is 23.2 Å². The van der Waals surface area contributed by atoms with E-state index in [1.165, 1.54) is 42.5 Å². The van der Waals surface area contributed by atoms with Gasteiger partial charge >= 0.3 is 0 Å². The zero-order chi connectivity index (χ0) is 20.7. The Balaban J connectivity index is 1.76. The van der Waals surface area contributed by atoms with E-state index in [1.54, 1.807) is 0 Å². The summed E-state index contributed by atoms with van der Waals surface area (Å²) < 4.78 is 0. The van der Waals surface area contributed by atoms with Gasteiger partial charge in [-0.25, -0.2) is 0 Å². The first-order valence-electron chi connectivity index (χ1n) is 7.85. The number of benzene rings is 2. The molecule has 0 spiro atoms. The highest BCUT2D eigenvalue weighted by atomic mass is 35.5. The normalized spacial score (nSPS) is 10.1. The summed E-state index contributed by atoms with van der Waals surface area (Å²) in [6.07, 6.45) is -0.109. The fourth-order valence-corrected chi connectivity index (χ4v) is 2.43. The van der Waals surface area contributed by atoms with Gasteiger partial charge in [0.2, 0.25) is 5.91 Å². The Morgan fingerprint density at radius 2 is 1.64 bits per heavy atom. The maximum atomic E-state index is 12.0. The number of rotatable bonds is 6. The molecule has 146 valence electrons. The topological polar surface area (TPSA) is 130 Å². The third-order valence-corrected chi connectivity index (χ3v) is 4.03. The Labute approximate surface area is 169 Å². The van der Waals surface area contributed by atoms with Crippen molar-refractivity contribution in [1.82, 2.24) is 16.2 Å². The molecule has 2 rings (SSSR count). The molecule has 0 unspecified atom stereocenters. The van der Waals surface area contributed by atoms with Crippen LogP contribution in [0.4, 0.5) is 5.69 Å². The van der Waals surface area contributed by atoms with Crippen LogP contribution in [0.15, 0.2) is 42.5 Å². The minimum absolute atomic E-state index is 0.00452. The van der Waals surface area contributed by atoms with E-state index in [4.69, 9.17) is 23.2 Å². The molecule has 0 bridgehead atoms. The minimum atomic E-state index is -0.643. The van der Waals surface area contributed by atoms with E-state index in [2.05, 4.69) is 16.2 Å². The van der Waals surface area contributed by atoms with Gasteiger partial charge in [0.1, 0.15) is 0 Å². The summed E-state index contributed by atoms with van der Waals surface area (Å²) in [5.41, 5.74) is 4.57. The van der Waals surface area contributed by atoms with Gasteiger partial charge < -0.3 is 5.32 Å². The van der Waals surface area contributed by atoms with Crippen molar-refractivity contribution in [3.05, 3.63) is 73.8 Å². The Bertz CT molecular complexity index is 918. The molecule has 0 aliphatic rings. The third-order valence-electron chi connectivity index (χ3n) is 3.47. The van der Waals surface area contributed by atoms with E-state index < -0.39 is 22.6 Å². The van der Waals surface area contributed by atoms with Crippen molar-refractivity contribution in [2.45, 2.75) is 6.42 Å². The first-order valence-corrected chi connectivity index (χ1v) is 8.60. The second-order valence-electron chi connectivity index (χ2n) is 5.44. The van der Waals surface area contributed by atoms with Crippen molar-refractivity contribution in [3.8, 4) is 0 Å². The molecule has 0 aromatic heterocycles.